The fourth-order valence-corrected chi connectivity index (χ4v) is 16.4. The summed E-state index contributed by atoms with van der Waals surface area (Å²) in [5.41, 5.74) is 2.06. The van der Waals surface area contributed by atoms with Crippen LogP contribution in [0, 0.1) is 0 Å². The van der Waals surface area contributed by atoms with Crippen LogP contribution in [0.15, 0.2) is 0 Å². The molecule has 0 aromatic carbocycles. The summed E-state index contributed by atoms with van der Waals surface area (Å²) in [5.74, 6) is 0. The van der Waals surface area contributed by atoms with Crippen molar-refractivity contribution in [2.75, 3.05) is 0 Å². The minimum atomic E-state index is -1.35. The molecule has 1 nitrogen and oxygen atoms in total. The normalized spacial score (nSPS) is 21.9. The maximum absolute atomic E-state index is 7.15. The van der Waals surface area contributed by atoms with E-state index < -0.39 is 16.6 Å². The van der Waals surface area contributed by atoms with Crippen LogP contribution in [0.5, 0.6) is 0 Å². The zero-order chi connectivity index (χ0) is 12.5. The Hall–Kier alpha value is 0.394. The smallest absolute Gasteiger partial charge is 0.182 e. The largest absolute Gasteiger partial charge is 0.454 e. The van der Waals surface area contributed by atoms with Crippen LogP contribution in [0.1, 0.15) is 53.4 Å². The highest BCUT2D eigenvalue weighted by Gasteiger charge is 2.55. The average molecular weight is 271 g/mol. The third-order valence-electron chi connectivity index (χ3n) is 5.44. The van der Waals surface area contributed by atoms with Gasteiger partial charge >= 0.3 is 0 Å². The summed E-state index contributed by atoms with van der Waals surface area (Å²) in [7, 11) is -2.70. The zero-order valence-electron chi connectivity index (χ0n) is 12.2. The van der Waals surface area contributed by atoms with Crippen molar-refractivity contribution in [3.05, 3.63) is 0 Å². The van der Waals surface area contributed by atoms with Crippen molar-refractivity contribution >= 4 is 16.6 Å². The number of hydrogen-bond donors (Lipinski definition) is 0. The van der Waals surface area contributed by atoms with Gasteiger partial charge in [0.15, 0.2) is 16.6 Å². The van der Waals surface area contributed by atoms with Crippen molar-refractivity contribution in [3.63, 3.8) is 0 Å². The predicted molar refractivity (Wildman–Crippen MR) is 80.5 cm³/mol. The standard InChI is InChI=1S/C14H30OSi2/c1-5-16(6-2,13-9-10-13)15-17(7-3,8-4)14-11-12-14/h13-14H,5-12H2,1-4H3. The highest BCUT2D eigenvalue weighted by molar-refractivity contribution is 6.89. The molecule has 0 radical (unpaired) electrons. The van der Waals surface area contributed by atoms with E-state index in [2.05, 4.69) is 27.7 Å². The van der Waals surface area contributed by atoms with E-state index >= 15 is 0 Å². The molecule has 2 fully saturated rings. The van der Waals surface area contributed by atoms with Gasteiger partial charge in [0, 0.05) is 0 Å². The number of hydrogen-bond acceptors (Lipinski definition) is 1. The van der Waals surface area contributed by atoms with E-state index in [-0.39, 0.29) is 0 Å². The first kappa shape index (κ1) is 13.8. The van der Waals surface area contributed by atoms with Crippen LogP contribution in [-0.2, 0) is 4.12 Å². The molecule has 0 amide bonds. The van der Waals surface area contributed by atoms with Gasteiger partial charge in [0.2, 0.25) is 0 Å². The quantitative estimate of drug-likeness (QED) is 0.544. The van der Waals surface area contributed by atoms with Gasteiger partial charge in [-0.15, -0.1) is 0 Å². The molecule has 0 aliphatic heterocycles. The predicted octanol–water partition coefficient (Wildman–Crippen LogP) is 5.30. The van der Waals surface area contributed by atoms with Gasteiger partial charge in [-0.2, -0.15) is 0 Å². The second-order valence-corrected chi connectivity index (χ2v) is 15.7. The molecular formula is C14H30OSi2. The molecule has 0 aromatic heterocycles. The number of rotatable bonds is 8. The Labute approximate surface area is 110 Å². The van der Waals surface area contributed by atoms with E-state index in [0.717, 1.165) is 11.1 Å². The molecule has 0 N–H and O–H groups in total. The lowest BCUT2D eigenvalue weighted by atomic mass is 10.9. The average Bonchev–Trinajstić information content (AvgIpc) is 3.21. The molecule has 0 atom stereocenters. The van der Waals surface area contributed by atoms with Crippen LogP contribution in [-0.4, -0.2) is 16.6 Å². The molecule has 2 rings (SSSR count). The SMILES string of the molecule is CC[Si](CC)(O[Si](CC)(CC)C1CC1)C1CC1. The second kappa shape index (κ2) is 5.18. The zero-order valence-corrected chi connectivity index (χ0v) is 14.2. The van der Waals surface area contributed by atoms with E-state index in [9.17, 15) is 0 Å². The molecule has 2 aliphatic carbocycles. The lowest BCUT2D eigenvalue weighted by Gasteiger charge is -2.42. The van der Waals surface area contributed by atoms with Crippen molar-refractivity contribution in [2.45, 2.75) is 88.6 Å². The van der Waals surface area contributed by atoms with Gasteiger partial charge in [-0.05, 0) is 35.3 Å². The van der Waals surface area contributed by atoms with Gasteiger partial charge in [-0.1, -0.05) is 53.4 Å². The van der Waals surface area contributed by atoms with Gasteiger partial charge in [-0.3, -0.25) is 0 Å². The van der Waals surface area contributed by atoms with Crippen molar-refractivity contribution in [3.8, 4) is 0 Å². The van der Waals surface area contributed by atoms with Crippen molar-refractivity contribution in [2.24, 2.45) is 0 Å². The minimum Gasteiger partial charge on any atom is -0.454 e. The first-order chi connectivity index (χ1) is 8.16. The molecule has 0 bridgehead atoms. The molecule has 2 saturated carbocycles. The molecule has 2 aliphatic rings. The Kier molecular flexibility index (Phi) is 4.21. The lowest BCUT2D eigenvalue weighted by molar-refractivity contribution is 0.501. The summed E-state index contributed by atoms with van der Waals surface area (Å²) in [6.45, 7) is 9.63. The summed E-state index contributed by atoms with van der Waals surface area (Å²) < 4.78 is 7.15. The molecule has 17 heavy (non-hydrogen) atoms. The first-order valence-corrected chi connectivity index (χ1v) is 12.7. The van der Waals surface area contributed by atoms with E-state index in [1.807, 2.05) is 0 Å². The van der Waals surface area contributed by atoms with Gasteiger partial charge in [-0.25, -0.2) is 0 Å². The third kappa shape index (κ3) is 2.56. The Bertz CT molecular complexity index is 225. The Balaban J connectivity index is 2.13. The summed E-state index contributed by atoms with van der Waals surface area (Å²) >= 11 is 0. The molecular weight excluding hydrogens is 240 g/mol. The molecule has 0 spiro atoms. The maximum Gasteiger partial charge on any atom is 0.182 e. The van der Waals surface area contributed by atoms with Crippen molar-refractivity contribution in [1.82, 2.24) is 0 Å². The monoisotopic (exact) mass is 270 g/mol. The lowest BCUT2D eigenvalue weighted by Crippen LogP contribution is -2.51. The summed E-state index contributed by atoms with van der Waals surface area (Å²) in [6, 6.07) is 5.48. The van der Waals surface area contributed by atoms with Crippen LogP contribution < -0.4 is 0 Å². The molecule has 0 heterocycles. The Morgan fingerprint density at radius 2 is 1.00 bits per heavy atom. The van der Waals surface area contributed by atoms with Gasteiger partial charge in [0.05, 0.1) is 0 Å². The Morgan fingerprint density at radius 1 is 0.706 bits per heavy atom. The van der Waals surface area contributed by atoms with Crippen LogP contribution in [0.25, 0.3) is 0 Å². The Morgan fingerprint density at radius 3 is 1.18 bits per heavy atom. The van der Waals surface area contributed by atoms with Crippen LogP contribution in [0.3, 0.4) is 0 Å². The molecule has 0 saturated heterocycles. The first-order valence-electron chi connectivity index (χ1n) is 7.86. The van der Waals surface area contributed by atoms with Crippen LogP contribution in [0.4, 0.5) is 0 Å². The van der Waals surface area contributed by atoms with Gasteiger partial charge < -0.3 is 4.12 Å². The topological polar surface area (TPSA) is 9.23 Å². The van der Waals surface area contributed by atoms with Crippen molar-refractivity contribution < 1.29 is 4.12 Å². The second-order valence-electron chi connectivity index (χ2n) is 6.19. The molecule has 100 valence electrons. The fraction of sp³-hybridized carbons (Fsp3) is 1.00. The third-order valence-corrected chi connectivity index (χ3v) is 17.6. The van der Waals surface area contributed by atoms with E-state index in [1.54, 1.807) is 0 Å². The maximum atomic E-state index is 7.15. The van der Waals surface area contributed by atoms with E-state index in [0.29, 0.717) is 0 Å². The minimum absolute atomic E-state index is 1.03. The summed E-state index contributed by atoms with van der Waals surface area (Å²) in [4.78, 5) is 0. The van der Waals surface area contributed by atoms with Crippen LogP contribution in [0.2, 0.25) is 35.3 Å². The van der Waals surface area contributed by atoms with Crippen LogP contribution >= 0.6 is 0 Å². The van der Waals surface area contributed by atoms with Gasteiger partial charge in [0.25, 0.3) is 0 Å². The van der Waals surface area contributed by atoms with E-state index in [1.165, 1.54) is 49.9 Å². The van der Waals surface area contributed by atoms with E-state index in [4.69, 9.17) is 4.12 Å². The molecule has 0 aromatic rings. The van der Waals surface area contributed by atoms with Gasteiger partial charge in [0.1, 0.15) is 0 Å². The summed E-state index contributed by atoms with van der Waals surface area (Å²) in [5, 5.41) is 0. The van der Waals surface area contributed by atoms with Crippen molar-refractivity contribution in [1.29, 1.82) is 0 Å². The molecule has 3 heteroatoms. The molecule has 0 unspecified atom stereocenters. The highest BCUT2D eigenvalue weighted by Crippen LogP contribution is 2.55. The fourth-order valence-electron chi connectivity index (χ4n) is 3.73. The summed E-state index contributed by atoms with van der Waals surface area (Å²) in [6.07, 6.45) is 5.93. The highest BCUT2D eigenvalue weighted by atomic mass is 28.4.